The number of furan rings is 1. The lowest BCUT2D eigenvalue weighted by molar-refractivity contribution is 0.501. The number of aromatic nitrogens is 2. The molecule has 0 bridgehead atoms. The van der Waals surface area contributed by atoms with Gasteiger partial charge in [0, 0.05) is 16.5 Å². The zero-order chi connectivity index (χ0) is 18.9. The Morgan fingerprint density at radius 2 is 2.00 bits per heavy atom. The minimum absolute atomic E-state index is 0.250. The summed E-state index contributed by atoms with van der Waals surface area (Å²) in [4.78, 5) is 12.3. The predicted molar refractivity (Wildman–Crippen MR) is 106 cm³/mol. The summed E-state index contributed by atoms with van der Waals surface area (Å²) >= 11 is 1.66. The van der Waals surface area contributed by atoms with Crippen LogP contribution in [-0.2, 0) is 22.9 Å². The largest absolute Gasteiger partial charge is 0.467 e. The Hall–Kier alpha value is -2.71. The second-order valence-electron chi connectivity index (χ2n) is 6.16. The van der Waals surface area contributed by atoms with Crippen molar-refractivity contribution in [2.75, 3.05) is 11.2 Å². The highest BCUT2D eigenvalue weighted by molar-refractivity contribution is 7.90. The normalized spacial score (nSPS) is 11.7. The van der Waals surface area contributed by atoms with Gasteiger partial charge < -0.3 is 9.32 Å². The van der Waals surface area contributed by atoms with Gasteiger partial charge in [-0.1, -0.05) is 6.07 Å². The summed E-state index contributed by atoms with van der Waals surface area (Å²) in [6.45, 7) is 1.15. The van der Waals surface area contributed by atoms with Crippen LogP contribution in [0.3, 0.4) is 0 Å². The molecule has 27 heavy (non-hydrogen) atoms. The fourth-order valence-electron chi connectivity index (χ4n) is 2.89. The summed E-state index contributed by atoms with van der Waals surface area (Å²) in [6.07, 6.45) is 4.34. The van der Waals surface area contributed by atoms with Crippen molar-refractivity contribution in [3.63, 3.8) is 0 Å². The fraction of sp³-hybridized carbons (Fsp3) is 0.158. The van der Waals surface area contributed by atoms with E-state index < -0.39 is 9.84 Å². The first-order chi connectivity index (χ1) is 13.0. The lowest BCUT2D eigenvalue weighted by Gasteiger charge is -2.23. The van der Waals surface area contributed by atoms with Crippen LogP contribution in [0.25, 0.3) is 10.9 Å². The molecule has 0 unspecified atom stereocenters. The van der Waals surface area contributed by atoms with Gasteiger partial charge in [0.15, 0.2) is 9.84 Å². The Labute approximate surface area is 161 Å². The Morgan fingerprint density at radius 3 is 2.70 bits per heavy atom. The van der Waals surface area contributed by atoms with E-state index >= 15 is 0 Å². The van der Waals surface area contributed by atoms with Crippen LogP contribution in [0.1, 0.15) is 10.6 Å². The third-order valence-electron chi connectivity index (χ3n) is 4.17. The molecule has 0 atom stereocenters. The van der Waals surface area contributed by atoms with Gasteiger partial charge in [0.1, 0.15) is 17.9 Å². The molecule has 3 aromatic heterocycles. The highest BCUT2D eigenvalue weighted by Gasteiger charge is 2.17. The lowest BCUT2D eigenvalue weighted by atomic mass is 10.2. The van der Waals surface area contributed by atoms with E-state index in [-0.39, 0.29) is 4.90 Å². The third-order valence-corrected chi connectivity index (χ3v) is 6.14. The van der Waals surface area contributed by atoms with Crippen LogP contribution in [0, 0.1) is 0 Å². The summed E-state index contributed by atoms with van der Waals surface area (Å²) < 4.78 is 29.5. The number of hydrogen-bond acceptors (Lipinski definition) is 7. The summed E-state index contributed by atoms with van der Waals surface area (Å²) in [5.41, 5.74) is 0.697. The van der Waals surface area contributed by atoms with Crippen LogP contribution < -0.4 is 4.90 Å². The first-order valence-electron chi connectivity index (χ1n) is 8.25. The number of sulfone groups is 1. The topological polar surface area (TPSA) is 76.3 Å². The first-order valence-corrected chi connectivity index (χ1v) is 11.0. The molecule has 0 amide bonds. The number of hydrogen-bond donors (Lipinski definition) is 0. The molecule has 138 valence electrons. The highest BCUT2D eigenvalue weighted by Crippen LogP contribution is 2.29. The molecule has 0 saturated carbocycles. The maximum absolute atomic E-state index is 12.0. The lowest BCUT2D eigenvalue weighted by Crippen LogP contribution is -2.23. The maximum atomic E-state index is 12.0. The first kappa shape index (κ1) is 17.7. The van der Waals surface area contributed by atoms with Crippen LogP contribution in [0.5, 0.6) is 0 Å². The average Bonchev–Trinajstić information content (AvgIpc) is 3.33. The van der Waals surface area contributed by atoms with Crippen LogP contribution in [0.15, 0.2) is 69.7 Å². The minimum atomic E-state index is -3.33. The molecule has 0 radical (unpaired) electrons. The summed E-state index contributed by atoms with van der Waals surface area (Å²) in [7, 11) is -3.33. The zero-order valence-electron chi connectivity index (χ0n) is 14.6. The Balaban J connectivity index is 1.83. The van der Waals surface area contributed by atoms with E-state index in [1.165, 1.54) is 17.5 Å². The van der Waals surface area contributed by atoms with Crippen molar-refractivity contribution in [2.45, 2.75) is 18.0 Å². The molecule has 0 saturated heterocycles. The second-order valence-corrected chi connectivity index (χ2v) is 9.21. The van der Waals surface area contributed by atoms with Gasteiger partial charge in [-0.25, -0.2) is 18.4 Å². The van der Waals surface area contributed by atoms with Crippen molar-refractivity contribution in [3.05, 3.63) is 71.1 Å². The van der Waals surface area contributed by atoms with Crippen LogP contribution in [-0.4, -0.2) is 24.6 Å². The van der Waals surface area contributed by atoms with E-state index in [4.69, 9.17) is 4.42 Å². The van der Waals surface area contributed by atoms with Crippen molar-refractivity contribution in [2.24, 2.45) is 0 Å². The molecule has 8 heteroatoms. The van der Waals surface area contributed by atoms with Crippen molar-refractivity contribution in [1.29, 1.82) is 0 Å². The van der Waals surface area contributed by atoms with Gasteiger partial charge in [-0.05, 0) is 41.8 Å². The quantitative estimate of drug-likeness (QED) is 0.489. The van der Waals surface area contributed by atoms with E-state index in [1.54, 1.807) is 35.8 Å². The maximum Gasteiger partial charge on any atom is 0.175 e. The zero-order valence-corrected chi connectivity index (χ0v) is 16.2. The number of fused-ring (bicyclic) bond motifs is 1. The molecule has 3 heterocycles. The van der Waals surface area contributed by atoms with E-state index in [1.807, 2.05) is 23.6 Å². The van der Waals surface area contributed by atoms with Gasteiger partial charge in [-0.15, -0.1) is 11.3 Å². The van der Waals surface area contributed by atoms with Gasteiger partial charge >= 0.3 is 0 Å². The average molecular weight is 399 g/mol. The molecular weight excluding hydrogens is 382 g/mol. The summed E-state index contributed by atoms with van der Waals surface area (Å²) in [5.74, 6) is 1.48. The fourth-order valence-corrected chi connectivity index (χ4v) is 4.26. The molecule has 0 aliphatic rings. The predicted octanol–water partition coefficient (Wildman–Crippen LogP) is 3.89. The molecule has 0 aliphatic heterocycles. The van der Waals surface area contributed by atoms with Crippen LogP contribution in [0.2, 0.25) is 0 Å². The molecule has 0 N–H and O–H groups in total. The van der Waals surface area contributed by atoms with Crippen molar-refractivity contribution in [1.82, 2.24) is 9.97 Å². The number of anilines is 1. The SMILES string of the molecule is CS(=O)(=O)c1ccc2ncnc(N(Cc3ccco3)Cc3cccs3)c2c1. The molecule has 4 aromatic rings. The number of nitrogens with zero attached hydrogens (tertiary/aromatic N) is 3. The van der Waals surface area contributed by atoms with Crippen molar-refractivity contribution < 1.29 is 12.8 Å². The van der Waals surface area contributed by atoms with Crippen molar-refractivity contribution >= 4 is 37.9 Å². The number of rotatable bonds is 6. The molecule has 0 aliphatic carbocycles. The van der Waals surface area contributed by atoms with E-state index in [9.17, 15) is 8.42 Å². The third kappa shape index (κ3) is 3.86. The smallest absolute Gasteiger partial charge is 0.175 e. The number of benzene rings is 1. The van der Waals surface area contributed by atoms with Crippen LogP contribution >= 0.6 is 11.3 Å². The van der Waals surface area contributed by atoms with Crippen molar-refractivity contribution in [3.8, 4) is 0 Å². The molecule has 4 rings (SSSR count). The second kappa shape index (κ2) is 7.13. The number of thiophene rings is 1. The van der Waals surface area contributed by atoms with Gasteiger partial charge in [0.05, 0.1) is 29.8 Å². The minimum Gasteiger partial charge on any atom is -0.467 e. The molecule has 6 nitrogen and oxygen atoms in total. The van der Waals surface area contributed by atoms with E-state index in [2.05, 4.69) is 20.9 Å². The Morgan fingerprint density at radius 1 is 1.11 bits per heavy atom. The highest BCUT2D eigenvalue weighted by atomic mass is 32.2. The molecular formula is C19H17N3O3S2. The Kier molecular flexibility index (Phi) is 4.67. The molecule has 1 aromatic carbocycles. The standard InChI is InChI=1S/C19H17N3O3S2/c1-27(23,24)16-6-7-18-17(10-16)19(21-13-20-18)22(11-14-4-2-8-25-14)12-15-5-3-9-26-15/h2-10,13H,11-12H2,1H3. The monoisotopic (exact) mass is 399 g/mol. The van der Waals surface area contributed by atoms with E-state index in [0.29, 0.717) is 29.8 Å². The summed E-state index contributed by atoms with van der Waals surface area (Å²) in [6, 6.07) is 12.8. The molecule has 0 fully saturated rings. The molecule has 0 spiro atoms. The van der Waals surface area contributed by atoms with Crippen LogP contribution in [0.4, 0.5) is 5.82 Å². The van der Waals surface area contributed by atoms with Gasteiger partial charge in [-0.3, -0.25) is 0 Å². The summed E-state index contributed by atoms with van der Waals surface area (Å²) in [5, 5.41) is 2.73. The van der Waals surface area contributed by atoms with E-state index in [0.717, 1.165) is 5.76 Å². The Bertz CT molecular complexity index is 1120. The van der Waals surface area contributed by atoms with Gasteiger partial charge in [0.25, 0.3) is 0 Å². The van der Waals surface area contributed by atoms with Gasteiger partial charge in [-0.2, -0.15) is 0 Å². The van der Waals surface area contributed by atoms with Gasteiger partial charge in [0.2, 0.25) is 0 Å².